The maximum Gasteiger partial charge on any atom is 0.128 e. The molecule has 34 heavy (non-hydrogen) atoms. The van der Waals surface area contributed by atoms with Crippen molar-refractivity contribution in [1.82, 2.24) is 25.3 Å². The molecule has 0 atom stereocenters. The molecule has 0 saturated heterocycles. The zero-order valence-corrected chi connectivity index (χ0v) is 21.7. The van der Waals surface area contributed by atoms with Crippen LogP contribution in [-0.4, -0.2) is 26.5 Å². The van der Waals surface area contributed by atoms with Crippen LogP contribution in [0.4, 0.5) is 0 Å². The van der Waals surface area contributed by atoms with Gasteiger partial charge in [0.25, 0.3) is 0 Å². The molecule has 0 radical (unpaired) electrons. The molecule has 3 aromatic carbocycles. The maximum atomic E-state index is 4.44. The quantitative estimate of drug-likeness (QED) is 0.220. The Morgan fingerprint density at radius 1 is 0.735 bits per heavy atom. The van der Waals surface area contributed by atoms with E-state index in [-0.39, 0.29) is 0 Å². The first kappa shape index (κ1) is 24.1. The maximum absolute atomic E-state index is 4.44. The largest absolute Gasteiger partial charge is 0.298 e. The molecule has 0 fully saturated rings. The fourth-order valence-electron chi connectivity index (χ4n) is 3.93. The summed E-state index contributed by atoms with van der Waals surface area (Å²) >= 11 is 6.58. The van der Waals surface area contributed by atoms with Gasteiger partial charge >= 0.3 is 0 Å². The van der Waals surface area contributed by atoms with Crippen molar-refractivity contribution in [3.8, 4) is 0 Å². The first-order valence-corrected chi connectivity index (χ1v) is 12.5. The molecular weight excluding hydrogens is 554 g/mol. The van der Waals surface area contributed by atoms with Gasteiger partial charge in [0.1, 0.15) is 9.21 Å². The summed E-state index contributed by atoms with van der Waals surface area (Å²) in [4.78, 5) is 0. The fraction of sp³-hybridized carbons (Fsp3) is 0.111. The van der Waals surface area contributed by atoms with Gasteiger partial charge in [0, 0.05) is 18.9 Å². The Hall–Kier alpha value is -3.00. The molecule has 7 heteroatoms. The topological polar surface area (TPSA) is 58.5 Å². The lowest BCUT2D eigenvalue weighted by Crippen LogP contribution is -2.46. The molecule has 0 aliphatic carbocycles. The fourth-order valence-corrected chi connectivity index (χ4v) is 4.47. The number of aromatic nitrogens is 4. The van der Waals surface area contributed by atoms with Crippen molar-refractivity contribution in [1.29, 1.82) is 0 Å². The Morgan fingerprint density at radius 2 is 1.26 bits per heavy atom. The van der Waals surface area contributed by atoms with Crippen LogP contribution in [0.2, 0.25) is 0 Å². The van der Waals surface area contributed by atoms with Crippen molar-refractivity contribution in [2.45, 2.75) is 12.1 Å². The first-order chi connectivity index (χ1) is 16.7. The first-order valence-electron chi connectivity index (χ1n) is 10.9. The van der Waals surface area contributed by atoms with Crippen LogP contribution in [0.5, 0.6) is 0 Å². The third-order valence-corrected chi connectivity index (χ3v) is 6.29. The molecule has 5 nitrogen and oxygen atoms in total. The molecule has 172 valence electrons. The molecule has 0 aliphatic heterocycles. The third-order valence-electron chi connectivity index (χ3n) is 5.43. The van der Waals surface area contributed by atoms with Gasteiger partial charge in [0.2, 0.25) is 0 Å². The number of nitrogens with one attached hydrogen (secondary N) is 2. The van der Waals surface area contributed by atoms with Crippen LogP contribution in [0, 0.1) is 0 Å². The van der Waals surface area contributed by atoms with Crippen molar-refractivity contribution in [3.63, 3.8) is 0 Å². The molecule has 0 unspecified atom stereocenters. The minimum Gasteiger partial charge on any atom is -0.298 e. The van der Waals surface area contributed by atoms with E-state index in [0.29, 0.717) is 0 Å². The van der Waals surface area contributed by atoms with E-state index in [1.165, 1.54) is 16.7 Å². The molecule has 2 N–H and O–H groups in total. The van der Waals surface area contributed by atoms with Crippen LogP contribution in [-0.2, 0) is 12.1 Å². The molecule has 0 spiro atoms. The molecule has 0 saturated carbocycles. The number of benzene rings is 3. The SMILES string of the molecule is Brc1ccn(CCNC(c2ccccc2)(c2ccccc2)c2ccccc2)n1.Brc1ccn[nH]1. The van der Waals surface area contributed by atoms with E-state index in [4.69, 9.17) is 0 Å². The second-order valence-electron chi connectivity index (χ2n) is 7.58. The standard InChI is InChI=1S/C24H22BrN3.C3H3BrN2/c25-23-16-18-28(27-23)19-17-26-24(20-10-4-1-5-11-20,21-12-6-2-7-13-21)22-14-8-3-9-15-22;4-3-1-2-5-6-3/h1-16,18,26H,17,19H2;1-2H,(H,5,6). The lowest BCUT2D eigenvalue weighted by atomic mass is 9.77. The Balaban J connectivity index is 0.000000398. The lowest BCUT2D eigenvalue weighted by Gasteiger charge is -2.37. The van der Waals surface area contributed by atoms with Crippen molar-refractivity contribution < 1.29 is 0 Å². The zero-order chi connectivity index (χ0) is 23.6. The van der Waals surface area contributed by atoms with Crippen LogP contribution in [0.25, 0.3) is 0 Å². The number of halogens is 2. The Labute approximate surface area is 216 Å². The second-order valence-corrected chi connectivity index (χ2v) is 9.25. The van der Waals surface area contributed by atoms with Crippen molar-refractivity contribution in [3.05, 3.63) is 141 Å². The molecule has 5 aromatic rings. The monoisotopic (exact) mass is 577 g/mol. The number of H-pyrrole nitrogens is 1. The average molecular weight is 579 g/mol. The van der Waals surface area contributed by atoms with Crippen LogP contribution >= 0.6 is 31.9 Å². The summed E-state index contributed by atoms with van der Waals surface area (Å²) in [5.74, 6) is 0. The highest BCUT2D eigenvalue weighted by Gasteiger charge is 2.35. The van der Waals surface area contributed by atoms with E-state index in [1.54, 1.807) is 6.20 Å². The summed E-state index contributed by atoms with van der Waals surface area (Å²) in [7, 11) is 0. The molecule has 0 aliphatic rings. The number of hydrogen-bond donors (Lipinski definition) is 2. The second kappa shape index (κ2) is 11.9. The third kappa shape index (κ3) is 5.91. The zero-order valence-electron chi connectivity index (χ0n) is 18.5. The predicted octanol–water partition coefficient (Wildman–Crippen LogP) is 6.40. The highest BCUT2D eigenvalue weighted by molar-refractivity contribution is 9.10. The van der Waals surface area contributed by atoms with Gasteiger partial charge in [0.15, 0.2) is 0 Å². The van der Waals surface area contributed by atoms with E-state index < -0.39 is 5.54 Å². The van der Waals surface area contributed by atoms with Gasteiger partial charge in [-0.05, 0) is 60.7 Å². The molecular formula is C27H25Br2N5. The molecule has 2 aromatic heterocycles. The van der Waals surface area contributed by atoms with Crippen molar-refractivity contribution >= 4 is 31.9 Å². The highest BCUT2D eigenvalue weighted by Crippen LogP contribution is 2.36. The normalized spacial score (nSPS) is 11.0. The molecule has 0 bridgehead atoms. The number of nitrogens with zero attached hydrogens (tertiary/aromatic N) is 3. The van der Waals surface area contributed by atoms with E-state index in [9.17, 15) is 0 Å². The molecule has 5 rings (SSSR count). The molecule has 0 amide bonds. The summed E-state index contributed by atoms with van der Waals surface area (Å²) in [6, 6.07) is 35.7. The minimum absolute atomic E-state index is 0.436. The summed E-state index contributed by atoms with van der Waals surface area (Å²) in [6.45, 7) is 1.55. The van der Waals surface area contributed by atoms with E-state index in [0.717, 1.165) is 22.3 Å². The Kier molecular flexibility index (Phi) is 8.46. The number of aromatic amines is 1. The van der Waals surface area contributed by atoms with Gasteiger partial charge in [0.05, 0.1) is 12.1 Å². The van der Waals surface area contributed by atoms with Crippen LogP contribution in [0.3, 0.4) is 0 Å². The van der Waals surface area contributed by atoms with Gasteiger partial charge in [-0.3, -0.25) is 15.1 Å². The van der Waals surface area contributed by atoms with Crippen LogP contribution in [0.1, 0.15) is 16.7 Å². The Bertz CT molecular complexity index is 1140. The van der Waals surface area contributed by atoms with Crippen LogP contribution in [0.15, 0.2) is 125 Å². The van der Waals surface area contributed by atoms with E-state index in [2.05, 4.69) is 143 Å². The number of hydrogen-bond acceptors (Lipinski definition) is 3. The lowest BCUT2D eigenvalue weighted by molar-refractivity contribution is 0.440. The van der Waals surface area contributed by atoms with Gasteiger partial charge in [-0.15, -0.1) is 0 Å². The Morgan fingerprint density at radius 3 is 1.62 bits per heavy atom. The summed E-state index contributed by atoms with van der Waals surface area (Å²) in [5, 5.41) is 14.6. The smallest absolute Gasteiger partial charge is 0.128 e. The summed E-state index contributed by atoms with van der Waals surface area (Å²) < 4.78 is 3.72. The van der Waals surface area contributed by atoms with Gasteiger partial charge in [-0.2, -0.15) is 10.2 Å². The summed E-state index contributed by atoms with van der Waals surface area (Å²) in [5.41, 5.74) is 3.21. The minimum atomic E-state index is -0.436. The predicted molar refractivity (Wildman–Crippen MR) is 143 cm³/mol. The van der Waals surface area contributed by atoms with Gasteiger partial charge in [-0.1, -0.05) is 91.0 Å². The average Bonchev–Trinajstić information content (AvgIpc) is 3.54. The van der Waals surface area contributed by atoms with Crippen molar-refractivity contribution in [2.75, 3.05) is 6.54 Å². The van der Waals surface area contributed by atoms with Gasteiger partial charge < -0.3 is 0 Å². The van der Waals surface area contributed by atoms with E-state index in [1.807, 2.05) is 23.0 Å². The highest BCUT2D eigenvalue weighted by atomic mass is 79.9. The number of rotatable bonds is 7. The van der Waals surface area contributed by atoms with E-state index >= 15 is 0 Å². The van der Waals surface area contributed by atoms with Gasteiger partial charge in [-0.25, -0.2) is 0 Å². The summed E-state index contributed by atoms with van der Waals surface area (Å²) in [6.07, 6.45) is 3.67. The van der Waals surface area contributed by atoms with Crippen molar-refractivity contribution in [2.24, 2.45) is 0 Å². The molecule has 2 heterocycles. The van der Waals surface area contributed by atoms with Crippen LogP contribution < -0.4 is 5.32 Å².